The Labute approximate surface area is 126 Å². The summed E-state index contributed by atoms with van der Waals surface area (Å²) in [5.41, 5.74) is 5.73. The molecule has 21 heavy (non-hydrogen) atoms. The van der Waals surface area contributed by atoms with Gasteiger partial charge in [0.2, 0.25) is 10.0 Å². The quantitative estimate of drug-likeness (QED) is 0.726. The molecule has 0 heterocycles. The fraction of sp³-hybridized carbons (Fsp3) is 0.500. The molecule has 1 rings (SSSR count). The Morgan fingerprint density at radius 2 is 1.62 bits per heavy atom. The third-order valence-electron chi connectivity index (χ3n) is 2.96. The van der Waals surface area contributed by atoms with E-state index in [1.165, 1.54) is 19.2 Å². The second-order valence-electron chi connectivity index (χ2n) is 5.10. The molecule has 0 fully saturated rings. The number of rotatable bonds is 6. The summed E-state index contributed by atoms with van der Waals surface area (Å²) < 4.78 is 49.2. The van der Waals surface area contributed by atoms with Gasteiger partial charge in [0.1, 0.15) is 4.90 Å². The van der Waals surface area contributed by atoms with Crippen LogP contribution in [0.4, 0.5) is 5.69 Å². The van der Waals surface area contributed by atoms with E-state index < -0.39 is 19.9 Å². The minimum atomic E-state index is -3.83. The number of sulfonamides is 1. The van der Waals surface area contributed by atoms with Crippen molar-refractivity contribution < 1.29 is 16.8 Å². The van der Waals surface area contributed by atoms with E-state index in [2.05, 4.69) is 0 Å². The number of benzene rings is 1. The van der Waals surface area contributed by atoms with Crippen LogP contribution in [0.25, 0.3) is 0 Å². The van der Waals surface area contributed by atoms with Gasteiger partial charge in [-0.15, -0.1) is 0 Å². The lowest BCUT2D eigenvalue weighted by Gasteiger charge is -2.20. The van der Waals surface area contributed by atoms with Gasteiger partial charge in [-0.3, -0.25) is 0 Å². The highest BCUT2D eigenvalue weighted by Crippen LogP contribution is 2.25. The summed E-state index contributed by atoms with van der Waals surface area (Å²) in [5.74, 6) is 0. The first-order chi connectivity index (χ1) is 9.46. The maximum atomic E-state index is 12.5. The summed E-state index contributed by atoms with van der Waals surface area (Å²) in [6, 6.07) is 3.69. The van der Waals surface area contributed by atoms with Gasteiger partial charge in [0.25, 0.3) is 0 Å². The average Bonchev–Trinajstić information content (AvgIpc) is 2.34. The number of anilines is 1. The first kappa shape index (κ1) is 17.9. The summed E-state index contributed by atoms with van der Waals surface area (Å²) >= 11 is 0. The molecule has 7 nitrogen and oxygen atoms in total. The molecule has 0 spiro atoms. The van der Waals surface area contributed by atoms with E-state index in [1.54, 1.807) is 0 Å². The SMILES string of the molecule is CN(C)CCN(C)S(=O)(=O)c1cc(S(C)(=O)=O)ccc1N. The smallest absolute Gasteiger partial charge is 0.244 e. The van der Waals surface area contributed by atoms with Crippen molar-refractivity contribution in [2.45, 2.75) is 9.79 Å². The van der Waals surface area contributed by atoms with Crippen LogP contribution < -0.4 is 5.73 Å². The van der Waals surface area contributed by atoms with Crippen molar-refractivity contribution >= 4 is 25.5 Å². The van der Waals surface area contributed by atoms with Gasteiger partial charge < -0.3 is 10.6 Å². The number of hydrogen-bond acceptors (Lipinski definition) is 6. The van der Waals surface area contributed by atoms with Gasteiger partial charge in [-0.2, -0.15) is 4.31 Å². The topological polar surface area (TPSA) is 101 Å². The molecule has 1 aromatic rings. The van der Waals surface area contributed by atoms with E-state index in [-0.39, 0.29) is 22.0 Å². The normalized spacial score (nSPS) is 13.0. The Kier molecular flexibility index (Phi) is 5.37. The number of nitrogens with two attached hydrogens (primary N) is 1. The second kappa shape index (κ2) is 6.30. The van der Waals surface area contributed by atoms with Crippen molar-refractivity contribution in [1.82, 2.24) is 9.21 Å². The first-order valence-electron chi connectivity index (χ1n) is 6.17. The maximum absolute atomic E-state index is 12.5. The summed E-state index contributed by atoms with van der Waals surface area (Å²) in [6.07, 6.45) is 1.02. The van der Waals surface area contributed by atoms with Crippen molar-refractivity contribution in [1.29, 1.82) is 0 Å². The van der Waals surface area contributed by atoms with Crippen molar-refractivity contribution in [3.05, 3.63) is 18.2 Å². The largest absolute Gasteiger partial charge is 0.398 e. The predicted octanol–water partition coefficient (Wildman–Crippen LogP) is -0.146. The molecule has 0 unspecified atom stereocenters. The van der Waals surface area contributed by atoms with Crippen LogP contribution >= 0.6 is 0 Å². The van der Waals surface area contributed by atoms with Crippen LogP contribution in [0.15, 0.2) is 28.0 Å². The zero-order chi connectivity index (χ0) is 16.4. The molecular weight excluding hydrogens is 314 g/mol. The molecule has 0 atom stereocenters. The van der Waals surface area contributed by atoms with E-state index in [9.17, 15) is 16.8 Å². The highest BCUT2D eigenvalue weighted by molar-refractivity contribution is 7.91. The monoisotopic (exact) mass is 335 g/mol. The Bertz CT molecular complexity index is 712. The van der Waals surface area contributed by atoms with Crippen LogP contribution in [0.1, 0.15) is 0 Å². The molecule has 9 heteroatoms. The Balaban J connectivity index is 3.25. The van der Waals surface area contributed by atoms with Crippen LogP contribution in [0.2, 0.25) is 0 Å². The molecule has 0 saturated heterocycles. The minimum absolute atomic E-state index is 0.0269. The molecule has 0 bridgehead atoms. The number of hydrogen-bond donors (Lipinski definition) is 1. The number of nitrogens with zero attached hydrogens (tertiary/aromatic N) is 2. The summed E-state index contributed by atoms with van der Waals surface area (Å²) in [5, 5.41) is 0. The number of nitrogen functional groups attached to an aromatic ring is 1. The van der Waals surface area contributed by atoms with Crippen LogP contribution in [-0.2, 0) is 19.9 Å². The Hall–Kier alpha value is -1.16. The maximum Gasteiger partial charge on any atom is 0.244 e. The van der Waals surface area contributed by atoms with Crippen molar-refractivity contribution in [2.75, 3.05) is 46.2 Å². The summed E-state index contributed by atoms with van der Waals surface area (Å²) in [4.78, 5) is 1.59. The molecule has 120 valence electrons. The van der Waals surface area contributed by atoms with Gasteiger partial charge in [0, 0.05) is 26.4 Å². The zero-order valence-corrected chi connectivity index (χ0v) is 14.2. The van der Waals surface area contributed by atoms with Gasteiger partial charge >= 0.3 is 0 Å². The van der Waals surface area contributed by atoms with E-state index in [4.69, 9.17) is 5.73 Å². The molecule has 1 aromatic carbocycles. The van der Waals surface area contributed by atoms with Gasteiger partial charge in [-0.05, 0) is 32.3 Å². The third kappa shape index (κ3) is 4.40. The van der Waals surface area contributed by atoms with Crippen LogP contribution in [0.3, 0.4) is 0 Å². The highest BCUT2D eigenvalue weighted by atomic mass is 32.2. The van der Waals surface area contributed by atoms with E-state index in [0.29, 0.717) is 6.54 Å². The summed E-state index contributed by atoms with van der Waals surface area (Å²) in [6.45, 7) is 0.819. The van der Waals surface area contributed by atoms with E-state index >= 15 is 0 Å². The highest BCUT2D eigenvalue weighted by Gasteiger charge is 2.25. The van der Waals surface area contributed by atoms with Crippen LogP contribution in [-0.4, -0.2) is 66.5 Å². The van der Waals surface area contributed by atoms with Crippen molar-refractivity contribution in [3.63, 3.8) is 0 Å². The molecule has 0 aliphatic carbocycles. The molecule has 0 aromatic heterocycles. The van der Waals surface area contributed by atoms with E-state index in [1.807, 2.05) is 19.0 Å². The first-order valence-corrected chi connectivity index (χ1v) is 9.50. The number of sulfone groups is 1. The Morgan fingerprint density at radius 3 is 2.10 bits per heavy atom. The standard InChI is InChI=1S/C12H21N3O4S2/c1-14(2)7-8-15(3)21(18,19)12-9-10(20(4,16)17)5-6-11(12)13/h5-6,9H,7-8,13H2,1-4H3. The lowest BCUT2D eigenvalue weighted by atomic mass is 10.3. The molecular formula is C12H21N3O4S2. The fourth-order valence-corrected chi connectivity index (χ4v) is 3.62. The molecule has 0 aliphatic rings. The molecule has 0 aliphatic heterocycles. The molecule has 0 radical (unpaired) electrons. The fourth-order valence-electron chi connectivity index (χ4n) is 1.60. The average molecular weight is 335 g/mol. The number of likely N-dealkylation sites (N-methyl/N-ethyl adjacent to an activating group) is 2. The van der Waals surface area contributed by atoms with E-state index in [0.717, 1.165) is 16.6 Å². The van der Waals surface area contributed by atoms with Gasteiger partial charge in [0.05, 0.1) is 10.6 Å². The van der Waals surface area contributed by atoms with Gasteiger partial charge in [-0.1, -0.05) is 0 Å². The van der Waals surface area contributed by atoms with Crippen LogP contribution in [0, 0.1) is 0 Å². The minimum Gasteiger partial charge on any atom is -0.398 e. The molecule has 0 saturated carbocycles. The van der Waals surface area contributed by atoms with Crippen LogP contribution in [0.5, 0.6) is 0 Å². The molecule has 0 amide bonds. The second-order valence-corrected chi connectivity index (χ2v) is 9.13. The summed E-state index contributed by atoms with van der Waals surface area (Å²) in [7, 11) is -2.23. The third-order valence-corrected chi connectivity index (χ3v) is 5.99. The predicted molar refractivity (Wildman–Crippen MR) is 82.3 cm³/mol. The van der Waals surface area contributed by atoms with Gasteiger partial charge in [0.15, 0.2) is 9.84 Å². The Morgan fingerprint density at radius 1 is 1.05 bits per heavy atom. The van der Waals surface area contributed by atoms with Crippen molar-refractivity contribution in [2.24, 2.45) is 0 Å². The van der Waals surface area contributed by atoms with Gasteiger partial charge in [-0.25, -0.2) is 16.8 Å². The zero-order valence-electron chi connectivity index (χ0n) is 12.6. The molecule has 2 N–H and O–H groups in total. The lowest BCUT2D eigenvalue weighted by molar-refractivity contribution is 0.358. The lowest BCUT2D eigenvalue weighted by Crippen LogP contribution is -2.34. The van der Waals surface area contributed by atoms with Crippen molar-refractivity contribution in [3.8, 4) is 0 Å².